The molecule has 0 aromatic carbocycles. The first-order valence-corrected chi connectivity index (χ1v) is 6.90. The summed E-state index contributed by atoms with van der Waals surface area (Å²) in [6.07, 6.45) is 2.33. The molecule has 0 saturated carbocycles. The minimum Gasteiger partial charge on any atom is -0.463 e. The van der Waals surface area contributed by atoms with Crippen LogP contribution in [-0.2, 0) is 17.7 Å². The highest BCUT2D eigenvalue weighted by molar-refractivity contribution is 9.10. The van der Waals surface area contributed by atoms with E-state index in [1.165, 1.54) is 13.2 Å². The van der Waals surface area contributed by atoms with Crippen molar-refractivity contribution in [1.82, 2.24) is 4.57 Å². The summed E-state index contributed by atoms with van der Waals surface area (Å²) in [5.74, 6) is 0.312. The fourth-order valence-electron chi connectivity index (χ4n) is 1.91. The van der Waals surface area contributed by atoms with Gasteiger partial charge in [0.2, 0.25) is 5.76 Å². The van der Waals surface area contributed by atoms with Crippen LogP contribution >= 0.6 is 15.9 Å². The Hall–Kier alpha value is -1.82. The van der Waals surface area contributed by atoms with Crippen LogP contribution in [0.3, 0.4) is 0 Å². The molecule has 0 atom stereocenters. The van der Waals surface area contributed by atoms with E-state index in [0.29, 0.717) is 18.7 Å². The molecule has 5 nitrogen and oxygen atoms in total. The normalized spacial score (nSPS) is 10.6. The van der Waals surface area contributed by atoms with Crippen LogP contribution in [0.25, 0.3) is 0 Å². The molecule has 20 heavy (non-hydrogen) atoms. The molecule has 2 rings (SSSR count). The lowest BCUT2D eigenvalue weighted by Gasteiger charge is -2.05. The number of esters is 1. The molecule has 106 valence electrons. The van der Waals surface area contributed by atoms with Gasteiger partial charge in [-0.1, -0.05) is 6.92 Å². The number of pyridine rings is 1. The predicted molar refractivity (Wildman–Crippen MR) is 76.9 cm³/mol. The Bertz CT molecular complexity index is 687. The number of methoxy groups -OCH3 is 1. The van der Waals surface area contributed by atoms with Crippen LogP contribution in [0.2, 0.25) is 0 Å². The third-order valence-corrected chi connectivity index (χ3v) is 3.36. The van der Waals surface area contributed by atoms with Gasteiger partial charge >= 0.3 is 5.97 Å². The van der Waals surface area contributed by atoms with E-state index < -0.39 is 5.97 Å². The molecule has 0 unspecified atom stereocenters. The maximum absolute atomic E-state index is 11.8. The SMILES string of the molecule is CCc1oc(C(=O)OC)cc1Cn1cc(Br)ccc1=O. The minimum atomic E-state index is -0.521. The van der Waals surface area contributed by atoms with Crippen molar-refractivity contribution in [2.24, 2.45) is 0 Å². The van der Waals surface area contributed by atoms with Crippen LogP contribution in [0, 0.1) is 0 Å². The summed E-state index contributed by atoms with van der Waals surface area (Å²) in [5.41, 5.74) is 0.684. The van der Waals surface area contributed by atoms with Crippen molar-refractivity contribution in [3.63, 3.8) is 0 Å². The van der Waals surface area contributed by atoms with Crippen LogP contribution in [-0.4, -0.2) is 17.6 Å². The summed E-state index contributed by atoms with van der Waals surface area (Å²) in [5, 5.41) is 0. The van der Waals surface area contributed by atoms with Crippen LogP contribution in [0.4, 0.5) is 0 Å². The topological polar surface area (TPSA) is 61.4 Å². The number of ether oxygens (including phenoxy) is 1. The van der Waals surface area contributed by atoms with Gasteiger partial charge in [0.15, 0.2) is 0 Å². The number of rotatable bonds is 4. The van der Waals surface area contributed by atoms with Crippen molar-refractivity contribution in [1.29, 1.82) is 0 Å². The highest BCUT2D eigenvalue weighted by Gasteiger charge is 2.16. The van der Waals surface area contributed by atoms with Crippen molar-refractivity contribution >= 4 is 21.9 Å². The smallest absolute Gasteiger partial charge is 0.373 e. The minimum absolute atomic E-state index is 0.115. The van der Waals surface area contributed by atoms with Crippen LogP contribution in [0.15, 0.2) is 38.1 Å². The molecule has 0 spiro atoms. The van der Waals surface area contributed by atoms with E-state index in [0.717, 1.165) is 10.0 Å². The average molecular weight is 340 g/mol. The zero-order chi connectivity index (χ0) is 14.7. The number of hydrogen-bond donors (Lipinski definition) is 0. The highest BCUT2D eigenvalue weighted by atomic mass is 79.9. The van der Waals surface area contributed by atoms with Gasteiger partial charge in [-0.3, -0.25) is 4.79 Å². The number of hydrogen-bond acceptors (Lipinski definition) is 4. The van der Waals surface area contributed by atoms with E-state index in [1.807, 2.05) is 6.92 Å². The standard InChI is InChI=1S/C14H14BrNO4/c1-3-11-9(6-12(20-11)14(18)19-2)7-16-8-10(15)4-5-13(16)17/h4-6,8H,3,7H2,1-2H3. The molecule has 2 heterocycles. The molecule has 0 bridgehead atoms. The Balaban J connectivity index is 2.37. The molecule has 0 fully saturated rings. The molecular weight excluding hydrogens is 326 g/mol. The van der Waals surface area contributed by atoms with Gasteiger partial charge in [-0.15, -0.1) is 0 Å². The molecular formula is C14H14BrNO4. The summed E-state index contributed by atoms with van der Waals surface area (Å²) < 4.78 is 12.5. The number of carbonyl (C=O) groups excluding carboxylic acids is 1. The molecule has 2 aromatic rings. The van der Waals surface area contributed by atoms with Gasteiger partial charge < -0.3 is 13.7 Å². The van der Waals surface area contributed by atoms with Gasteiger partial charge in [0.05, 0.1) is 13.7 Å². The van der Waals surface area contributed by atoms with Crippen molar-refractivity contribution in [3.05, 3.63) is 56.3 Å². The Labute approximate surface area is 124 Å². The van der Waals surface area contributed by atoms with E-state index >= 15 is 0 Å². The van der Waals surface area contributed by atoms with E-state index in [4.69, 9.17) is 4.42 Å². The van der Waals surface area contributed by atoms with Gasteiger partial charge in [-0.25, -0.2) is 4.79 Å². The second-order valence-electron chi connectivity index (χ2n) is 4.22. The fourth-order valence-corrected chi connectivity index (χ4v) is 2.29. The Kier molecular flexibility index (Phi) is 4.44. The van der Waals surface area contributed by atoms with Crippen LogP contribution in [0.5, 0.6) is 0 Å². The van der Waals surface area contributed by atoms with Crippen molar-refractivity contribution in [2.75, 3.05) is 7.11 Å². The van der Waals surface area contributed by atoms with Gasteiger partial charge in [0, 0.05) is 28.7 Å². The summed E-state index contributed by atoms with van der Waals surface area (Å²) >= 11 is 3.33. The number of aromatic nitrogens is 1. The molecule has 2 aromatic heterocycles. The Morgan fingerprint density at radius 1 is 1.45 bits per heavy atom. The van der Waals surface area contributed by atoms with E-state index in [2.05, 4.69) is 20.7 Å². The van der Waals surface area contributed by atoms with E-state index in [9.17, 15) is 9.59 Å². The Morgan fingerprint density at radius 3 is 2.85 bits per heavy atom. The molecule has 6 heteroatoms. The third kappa shape index (κ3) is 3.01. The lowest BCUT2D eigenvalue weighted by atomic mass is 10.2. The average Bonchev–Trinajstić information content (AvgIpc) is 2.85. The Morgan fingerprint density at radius 2 is 2.20 bits per heavy atom. The van der Waals surface area contributed by atoms with Crippen LogP contribution in [0.1, 0.15) is 28.8 Å². The predicted octanol–water partition coefficient (Wildman–Crippen LogP) is 2.60. The first-order chi connectivity index (χ1) is 9.55. The number of nitrogens with zero attached hydrogens (tertiary/aromatic N) is 1. The lowest BCUT2D eigenvalue weighted by molar-refractivity contribution is 0.0563. The number of halogens is 1. The van der Waals surface area contributed by atoms with E-state index in [-0.39, 0.29) is 11.3 Å². The molecule has 0 radical (unpaired) electrons. The first kappa shape index (κ1) is 14.6. The van der Waals surface area contributed by atoms with Crippen LogP contribution < -0.4 is 5.56 Å². The van der Waals surface area contributed by atoms with E-state index in [1.54, 1.807) is 22.9 Å². The number of carbonyl (C=O) groups is 1. The molecule has 0 aliphatic heterocycles. The molecule has 0 aliphatic rings. The summed E-state index contributed by atoms with van der Waals surface area (Å²) in [6.45, 7) is 2.27. The zero-order valence-corrected chi connectivity index (χ0v) is 12.8. The van der Waals surface area contributed by atoms with Crippen molar-refractivity contribution in [3.8, 4) is 0 Å². The zero-order valence-electron chi connectivity index (χ0n) is 11.2. The number of aryl methyl sites for hydroxylation is 1. The fraction of sp³-hybridized carbons (Fsp3) is 0.286. The molecule has 0 N–H and O–H groups in total. The number of furan rings is 1. The molecule has 0 saturated heterocycles. The monoisotopic (exact) mass is 339 g/mol. The third-order valence-electron chi connectivity index (χ3n) is 2.89. The van der Waals surface area contributed by atoms with Gasteiger partial charge in [0.25, 0.3) is 5.56 Å². The lowest BCUT2D eigenvalue weighted by Crippen LogP contribution is -2.19. The highest BCUT2D eigenvalue weighted by Crippen LogP contribution is 2.18. The van der Waals surface area contributed by atoms with Gasteiger partial charge in [-0.2, -0.15) is 0 Å². The largest absolute Gasteiger partial charge is 0.463 e. The van der Waals surface area contributed by atoms with Gasteiger partial charge in [0.1, 0.15) is 5.76 Å². The molecule has 0 amide bonds. The molecule has 0 aliphatic carbocycles. The summed E-state index contributed by atoms with van der Waals surface area (Å²) in [7, 11) is 1.30. The maximum Gasteiger partial charge on any atom is 0.373 e. The van der Waals surface area contributed by atoms with Gasteiger partial charge in [-0.05, 0) is 28.1 Å². The quantitative estimate of drug-likeness (QED) is 0.803. The van der Waals surface area contributed by atoms with Crippen molar-refractivity contribution in [2.45, 2.75) is 19.9 Å². The maximum atomic E-state index is 11.8. The summed E-state index contributed by atoms with van der Waals surface area (Å²) in [4.78, 5) is 23.3. The second kappa shape index (κ2) is 6.09. The first-order valence-electron chi connectivity index (χ1n) is 6.11. The second-order valence-corrected chi connectivity index (χ2v) is 5.13. The van der Waals surface area contributed by atoms with Crippen molar-refractivity contribution < 1.29 is 13.9 Å². The summed E-state index contributed by atoms with van der Waals surface area (Å²) in [6, 6.07) is 4.80.